The van der Waals surface area contributed by atoms with Gasteiger partial charge in [-0.1, -0.05) is 18.2 Å². The number of carbonyl (C=O) groups is 1. The van der Waals surface area contributed by atoms with E-state index in [1.54, 1.807) is 35.5 Å². The van der Waals surface area contributed by atoms with Crippen LogP contribution in [0.5, 0.6) is 17.2 Å². The highest BCUT2D eigenvalue weighted by Crippen LogP contribution is 2.33. The Kier molecular flexibility index (Phi) is 6.39. The minimum absolute atomic E-state index is 0.0872. The van der Waals surface area contributed by atoms with Crippen LogP contribution in [0.25, 0.3) is 0 Å². The van der Waals surface area contributed by atoms with Gasteiger partial charge in [0.1, 0.15) is 12.4 Å². The average Bonchev–Trinajstić information content (AvgIpc) is 3.55. The Morgan fingerprint density at radius 3 is 2.67 bits per heavy atom. The van der Waals surface area contributed by atoms with Crippen LogP contribution in [-0.2, 0) is 17.8 Å². The largest absolute Gasteiger partial charge is 0.491 e. The molecule has 0 aliphatic carbocycles. The van der Waals surface area contributed by atoms with E-state index in [0.29, 0.717) is 36.8 Å². The standard InChI is InChI=1S/C26H26N2O5/c29-26(21-7-10-24-25(13-21)33-18-32-24)28(16-20-3-1-11-27-14-20)15-19-5-8-22(9-6-19)31-17-23-4-2-12-30-23/h1,3,5-11,13-14,23H,2,4,12,15-18H2/t23-/m0/s1. The smallest absolute Gasteiger partial charge is 0.254 e. The molecule has 3 aromatic rings. The molecular weight excluding hydrogens is 420 g/mol. The summed E-state index contributed by atoms with van der Waals surface area (Å²) in [5.41, 5.74) is 2.53. The quantitative estimate of drug-likeness (QED) is 0.516. The van der Waals surface area contributed by atoms with Crippen molar-refractivity contribution in [3.63, 3.8) is 0 Å². The van der Waals surface area contributed by atoms with Crippen molar-refractivity contribution in [2.45, 2.75) is 32.0 Å². The number of pyridine rings is 1. The van der Waals surface area contributed by atoms with Crippen molar-refractivity contribution in [1.82, 2.24) is 9.88 Å². The number of nitrogens with zero attached hydrogens (tertiary/aromatic N) is 2. The molecule has 3 heterocycles. The topological polar surface area (TPSA) is 70.1 Å². The van der Waals surface area contributed by atoms with E-state index in [1.807, 2.05) is 36.4 Å². The molecule has 2 aliphatic rings. The van der Waals surface area contributed by atoms with Gasteiger partial charge in [-0.25, -0.2) is 0 Å². The van der Waals surface area contributed by atoms with Gasteiger partial charge in [0, 0.05) is 37.7 Å². The number of carbonyl (C=O) groups excluding carboxylic acids is 1. The molecular formula is C26H26N2O5. The van der Waals surface area contributed by atoms with Gasteiger partial charge in [-0.05, 0) is 60.4 Å². The van der Waals surface area contributed by atoms with Gasteiger partial charge in [-0.3, -0.25) is 9.78 Å². The molecule has 1 atom stereocenters. The Bertz CT molecular complexity index is 1080. The summed E-state index contributed by atoms with van der Waals surface area (Å²) in [5.74, 6) is 1.96. The summed E-state index contributed by atoms with van der Waals surface area (Å²) in [6.07, 6.45) is 5.82. The normalized spacial score (nSPS) is 16.5. The maximum atomic E-state index is 13.4. The summed E-state index contributed by atoms with van der Waals surface area (Å²) in [7, 11) is 0. The highest BCUT2D eigenvalue weighted by atomic mass is 16.7. The predicted octanol–water partition coefficient (Wildman–Crippen LogP) is 4.21. The summed E-state index contributed by atoms with van der Waals surface area (Å²) in [6.45, 7) is 2.45. The van der Waals surface area contributed by atoms with Crippen molar-refractivity contribution in [2.24, 2.45) is 0 Å². The van der Waals surface area contributed by atoms with Crippen molar-refractivity contribution >= 4 is 5.91 Å². The Labute approximate surface area is 192 Å². The molecule has 0 N–H and O–H groups in total. The third-order valence-corrected chi connectivity index (χ3v) is 5.76. The predicted molar refractivity (Wildman–Crippen MR) is 121 cm³/mol. The molecule has 7 heteroatoms. The number of benzene rings is 2. The van der Waals surface area contributed by atoms with Gasteiger partial charge in [-0.15, -0.1) is 0 Å². The minimum atomic E-state index is -0.0872. The lowest BCUT2D eigenvalue weighted by atomic mass is 10.1. The van der Waals surface area contributed by atoms with E-state index in [0.717, 1.165) is 36.3 Å². The Balaban J connectivity index is 1.30. The average molecular weight is 447 g/mol. The van der Waals surface area contributed by atoms with Crippen LogP contribution in [0.4, 0.5) is 0 Å². The fourth-order valence-electron chi connectivity index (χ4n) is 4.00. The summed E-state index contributed by atoms with van der Waals surface area (Å²) < 4.78 is 22.3. The molecule has 0 saturated carbocycles. The fraction of sp³-hybridized carbons (Fsp3) is 0.308. The van der Waals surface area contributed by atoms with Gasteiger partial charge >= 0.3 is 0 Å². The van der Waals surface area contributed by atoms with Crippen LogP contribution in [0.1, 0.15) is 34.3 Å². The second-order valence-corrected chi connectivity index (χ2v) is 8.18. The number of rotatable bonds is 8. The van der Waals surface area contributed by atoms with E-state index in [1.165, 1.54) is 0 Å². The second kappa shape index (κ2) is 9.92. The van der Waals surface area contributed by atoms with Gasteiger partial charge in [-0.2, -0.15) is 0 Å². The van der Waals surface area contributed by atoms with Crippen LogP contribution in [0, 0.1) is 0 Å². The maximum Gasteiger partial charge on any atom is 0.254 e. The zero-order valence-electron chi connectivity index (χ0n) is 18.3. The Morgan fingerprint density at radius 1 is 1.03 bits per heavy atom. The van der Waals surface area contributed by atoms with Crippen molar-refractivity contribution in [3.05, 3.63) is 83.7 Å². The molecule has 2 aromatic carbocycles. The zero-order valence-corrected chi connectivity index (χ0v) is 18.3. The molecule has 1 fully saturated rings. The zero-order chi connectivity index (χ0) is 22.5. The molecule has 0 spiro atoms. The minimum Gasteiger partial charge on any atom is -0.491 e. The van der Waals surface area contributed by atoms with E-state index in [4.69, 9.17) is 18.9 Å². The number of hydrogen-bond donors (Lipinski definition) is 0. The molecule has 1 aromatic heterocycles. The summed E-state index contributed by atoms with van der Waals surface area (Å²) in [5, 5.41) is 0. The highest BCUT2D eigenvalue weighted by Gasteiger charge is 2.21. The van der Waals surface area contributed by atoms with Crippen LogP contribution in [-0.4, -0.2) is 41.9 Å². The molecule has 1 saturated heterocycles. The monoisotopic (exact) mass is 446 g/mol. The first-order valence-electron chi connectivity index (χ1n) is 11.2. The van der Waals surface area contributed by atoms with Gasteiger partial charge in [0.05, 0.1) is 6.10 Å². The van der Waals surface area contributed by atoms with Crippen molar-refractivity contribution < 1.29 is 23.7 Å². The number of ether oxygens (including phenoxy) is 4. The summed E-state index contributed by atoms with van der Waals surface area (Å²) in [4.78, 5) is 19.4. The van der Waals surface area contributed by atoms with Gasteiger partial charge in [0.2, 0.25) is 6.79 Å². The molecule has 0 bridgehead atoms. The second-order valence-electron chi connectivity index (χ2n) is 8.18. The Morgan fingerprint density at radius 2 is 1.88 bits per heavy atom. The number of amides is 1. The number of hydrogen-bond acceptors (Lipinski definition) is 6. The van der Waals surface area contributed by atoms with E-state index < -0.39 is 0 Å². The third kappa shape index (κ3) is 5.26. The molecule has 2 aliphatic heterocycles. The lowest BCUT2D eigenvalue weighted by molar-refractivity contribution is 0.0679. The van der Waals surface area contributed by atoms with Crippen molar-refractivity contribution in [2.75, 3.05) is 20.0 Å². The van der Waals surface area contributed by atoms with Crippen molar-refractivity contribution in [3.8, 4) is 17.2 Å². The molecule has 1 amide bonds. The lowest BCUT2D eigenvalue weighted by Gasteiger charge is -2.23. The molecule has 0 unspecified atom stereocenters. The molecule has 7 nitrogen and oxygen atoms in total. The SMILES string of the molecule is O=C(c1ccc2c(c1)OCO2)N(Cc1ccc(OC[C@@H]2CCCO2)cc1)Cc1cccnc1. The Hall–Kier alpha value is -3.58. The van der Waals surface area contributed by atoms with Crippen LogP contribution in [0.2, 0.25) is 0 Å². The first-order valence-corrected chi connectivity index (χ1v) is 11.2. The number of aromatic nitrogens is 1. The molecule has 170 valence electrons. The van der Waals surface area contributed by atoms with E-state index in [-0.39, 0.29) is 18.8 Å². The maximum absolute atomic E-state index is 13.4. The number of fused-ring (bicyclic) bond motifs is 1. The summed E-state index contributed by atoms with van der Waals surface area (Å²) in [6, 6.07) is 17.0. The van der Waals surface area contributed by atoms with Crippen molar-refractivity contribution in [1.29, 1.82) is 0 Å². The third-order valence-electron chi connectivity index (χ3n) is 5.76. The lowest BCUT2D eigenvalue weighted by Crippen LogP contribution is -2.30. The van der Waals surface area contributed by atoms with Crippen LogP contribution < -0.4 is 14.2 Å². The fourth-order valence-corrected chi connectivity index (χ4v) is 4.00. The molecule has 33 heavy (non-hydrogen) atoms. The van der Waals surface area contributed by atoms with E-state index in [9.17, 15) is 4.79 Å². The molecule has 5 rings (SSSR count). The van der Waals surface area contributed by atoms with Gasteiger partial charge in [0.15, 0.2) is 11.5 Å². The molecule has 0 radical (unpaired) electrons. The highest BCUT2D eigenvalue weighted by molar-refractivity contribution is 5.95. The van der Waals surface area contributed by atoms with E-state index in [2.05, 4.69) is 4.98 Å². The van der Waals surface area contributed by atoms with E-state index >= 15 is 0 Å². The van der Waals surface area contributed by atoms with Gasteiger partial charge < -0.3 is 23.8 Å². The summed E-state index contributed by atoms with van der Waals surface area (Å²) >= 11 is 0. The first-order chi connectivity index (χ1) is 16.2. The first kappa shape index (κ1) is 21.3. The van der Waals surface area contributed by atoms with Gasteiger partial charge in [0.25, 0.3) is 5.91 Å². The van der Waals surface area contributed by atoms with Crippen LogP contribution in [0.15, 0.2) is 67.0 Å². The van der Waals surface area contributed by atoms with Crippen LogP contribution >= 0.6 is 0 Å². The van der Waals surface area contributed by atoms with Crippen LogP contribution in [0.3, 0.4) is 0 Å².